The zero-order valence-electron chi connectivity index (χ0n) is 19.6. The van der Waals surface area contributed by atoms with E-state index in [1.807, 2.05) is 44.2 Å². The molecule has 1 atom stereocenters. The second kappa shape index (κ2) is 11.2. The molecule has 1 aromatic heterocycles. The number of hydrogen-bond acceptors (Lipinski definition) is 5. The summed E-state index contributed by atoms with van der Waals surface area (Å²) in [6.45, 7) is 4.29. The van der Waals surface area contributed by atoms with Crippen LogP contribution in [0.1, 0.15) is 53.5 Å². The van der Waals surface area contributed by atoms with E-state index in [2.05, 4.69) is 37.0 Å². The highest BCUT2D eigenvalue weighted by molar-refractivity contribution is 9.10. The summed E-state index contributed by atoms with van der Waals surface area (Å²) in [5.41, 5.74) is 2.14. The maximum Gasteiger partial charge on any atom is 0.335 e. The van der Waals surface area contributed by atoms with Gasteiger partial charge in [0.15, 0.2) is 0 Å². The molecular weight excluding hydrogens is 590 g/mol. The summed E-state index contributed by atoms with van der Waals surface area (Å²) in [5.74, 6) is 0.273. The van der Waals surface area contributed by atoms with Crippen LogP contribution in [0, 0.1) is 0 Å². The van der Waals surface area contributed by atoms with Crippen LogP contribution in [0.4, 0.5) is 0 Å². The van der Waals surface area contributed by atoms with E-state index in [1.165, 1.54) is 10.7 Å². The van der Waals surface area contributed by atoms with Gasteiger partial charge in [-0.2, -0.15) is 9.78 Å². The lowest BCUT2D eigenvalue weighted by Crippen LogP contribution is -2.23. The Labute approximate surface area is 224 Å². The maximum absolute atomic E-state index is 13.3. The summed E-state index contributed by atoms with van der Waals surface area (Å²) < 4.78 is 8.74. The average Bonchev–Trinajstić information content (AvgIpc) is 2.87. The van der Waals surface area contributed by atoms with E-state index in [-0.39, 0.29) is 23.6 Å². The van der Waals surface area contributed by atoms with Crippen molar-refractivity contribution in [3.63, 3.8) is 0 Å². The predicted octanol–water partition coefficient (Wildman–Crippen LogP) is 6.59. The van der Waals surface area contributed by atoms with E-state index in [0.717, 1.165) is 22.0 Å². The minimum absolute atomic E-state index is 0.0463. The Morgan fingerprint density at radius 2 is 1.97 bits per heavy atom. The Morgan fingerprint density at radius 3 is 2.69 bits per heavy atom. The molecule has 0 saturated carbocycles. The van der Waals surface area contributed by atoms with Crippen LogP contribution < -0.4 is 10.3 Å². The Hall–Kier alpha value is -3.30. The predicted molar refractivity (Wildman–Crippen MR) is 147 cm³/mol. The Bertz CT molecular complexity index is 1530. The summed E-state index contributed by atoms with van der Waals surface area (Å²) in [7, 11) is 0. The van der Waals surface area contributed by atoms with Crippen LogP contribution in [0.25, 0.3) is 10.9 Å². The molecule has 9 heteroatoms. The molecule has 184 valence electrons. The van der Waals surface area contributed by atoms with Gasteiger partial charge in [-0.05, 0) is 82.0 Å². The van der Waals surface area contributed by atoms with Crippen LogP contribution in [0.5, 0.6) is 5.75 Å². The highest BCUT2D eigenvalue weighted by Crippen LogP contribution is 2.27. The second-order valence-electron chi connectivity index (χ2n) is 8.29. The number of halogens is 2. The lowest BCUT2D eigenvalue weighted by atomic mass is 10.1. The third-order valence-corrected chi connectivity index (χ3v) is 6.85. The van der Waals surface area contributed by atoms with Crippen molar-refractivity contribution in [1.29, 1.82) is 0 Å². The SMILES string of the molecule is CC[C@H](C)c1nc2ccc(Br)cc2c(=O)n1N=Cc1ccc(OCc2cccc(C(=O)O)c2)c(Br)c1. The Kier molecular flexibility index (Phi) is 8.01. The molecule has 3 aromatic carbocycles. The smallest absolute Gasteiger partial charge is 0.335 e. The van der Waals surface area contributed by atoms with Gasteiger partial charge in [0.1, 0.15) is 18.2 Å². The first-order valence-electron chi connectivity index (χ1n) is 11.3. The number of benzene rings is 3. The average molecular weight is 613 g/mol. The highest BCUT2D eigenvalue weighted by Gasteiger charge is 2.15. The minimum atomic E-state index is -0.980. The van der Waals surface area contributed by atoms with Crippen molar-refractivity contribution in [1.82, 2.24) is 9.66 Å². The fourth-order valence-electron chi connectivity index (χ4n) is 3.57. The van der Waals surface area contributed by atoms with Gasteiger partial charge in [-0.1, -0.05) is 41.9 Å². The number of hydrogen-bond donors (Lipinski definition) is 1. The van der Waals surface area contributed by atoms with Crippen molar-refractivity contribution in [3.05, 3.63) is 102 Å². The van der Waals surface area contributed by atoms with Gasteiger partial charge in [-0.25, -0.2) is 9.78 Å². The van der Waals surface area contributed by atoms with Crippen LogP contribution in [0.3, 0.4) is 0 Å². The first kappa shape index (κ1) is 25.8. The molecule has 7 nitrogen and oxygen atoms in total. The first-order valence-corrected chi connectivity index (χ1v) is 12.9. The topological polar surface area (TPSA) is 93.8 Å². The van der Waals surface area contributed by atoms with E-state index >= 15 is 0 Å². The van der Waals surface area contributed by atoms with Gasteiger partial charge >= 0.3 is 5.97 Å². The molecule has 0 saturated heterocycles. The molecule has 1 N–H and O–H groups in total. The molecule has 1 heterocycles. The van der Waals surface area contributed by atoms with Crippen LogP contribution in [-0.4, -0.2) is 27.0 Å². The summed E-state index contributed by atoms with van der Waals surface area (Å²) in [6.07, 6.45) is 2.43. The summed E-state index contributed by atoms with van der Waals surface area (Å²) in [5, 5.41) is 14.1. The summed E-state index contributed by atoms with van der Waals surface area (Å²) in [6, 6.07) is 17.5. The number of aromatic nitrogens is 2. The van der Waals surface area contributed by atoms with Crippen LogP contribution in [0.2, 0.25) is 0 Å². The molecule has 0 bridgehead atoms. The number of fused-ring (bicyclic) bond motifs is 1. The third kappa shape index (κ3) is 5.74. The fraction of sp³-hybridized carbons (Fsp3) is 0.185. The van der Waals surface area contributed by atoms with Gasteiger partial charge in [-0.15, -0.1) is 0 Å². The van der Waals surface area contributed by atoms with Crippen molar-refractivity contribution in [2.45, 2.75) is 32.8 Å². The molecule has 0 aliphatic rings. The number of carboxylic acid groups (broad SMARTS) is 1. The van der Waals surface area contributed by atoms with E-state index in [1.54, 1.807) is 30.5 Å². The molecule has 0 radical (unpaired) electrons. The normalized spacial score (nSPS) is 12.2. The Morgan fingerprint density at radius 1 is 1.17 bits per heavy atom. The fourth-order valence-corrected chi connectivity index (χ4v) is 4.45. The van der Waals surface area contributed by atoms with Gasteiger partial charge < -0.3 is 9.84 Å². The van der Waals surface area contributed by atoms with Gasteiger partial charge in [0.05, 0.1) is 27.2 Å². The molecule has 0 unspecified atom stereocenters. The summed E-state index contributed by atoms with van der Waals surface area (Å²) >= 11 is 6.94. The molecular formula is C27H23Br2N3O4. The molecule has 36 heavy (non-hydrogen) atoms. The molecule has 0 aliphatic carbocycles. The number of carbonyl (C=O) groups is 1. The first-order chi connectivity index (χ1) is 17.3. The van der Waals surface area contributed by atoms with Crippen molar-refractivity contribution in [3.8, 4) is 5.75 Å². The van der Waals surface area contributed by atoms with E-state index in [9.17, 15) is 9.59 Å². The van der Waals surface area contributed by atoms with Crippen LogP contribution in [-0.2, 0) is 6.61 Å². The lowest BCUT2D eigenvalue weighted by molar-refractivity contribution is 0.0696. The molecule has 0 fully saturated rings. The number of rotatable bonds is 8. The lowest BCUT2D eigenvalue weighted by Gasteiger charge is -2.14. The standard InChI is InChI=1S/C27H23Br2N3O4/c1-3-16(2)25-31-23-9-8-20(28)13-21(23)26(33)32(25)30-14-17-7-10-24(22(29)12-17)36-15-18-5-4-6-19(11-18)27(34)35/h4-14,16H,3,15H2,1-2H3,(H,34,35)/t16-/m0/s1. The second-order valence-corrected chi connectivity index (χ2v) is 10.1. The van der Waals surface area contributed by atoms with Crippen molar-refractivity contribution < 1.29 is 14.6 Å². The molecule has 0 spiro atoms. The zero-order valence-corrected chi connectivity index (χ0v) is 22.8. The molecule has 4 aromatic rings. The number of aromatic carboxylic acids is 1. The zero-order chi connectivity index (χ0) is 25.8. The maximum atomic E-state index is 13.3. The van der Waals surface area contributed by atoms with Gasteiger partial charge in [0.2, 0.25) is 0 Å². The monoisotopic (exact) mass is 611 g/mol. The van der Waals surface area contributed by atoms with Crippen molar-refractivity contribution in [2.24, 2.45) is 5.10 Å². The number of nitrogens with zero attached hydrogens (tertiary/aromatic N) is 3. The highest BCUT2D eigenvalue weighted by atomic mass is 79.9. The van der Waals surface area contributed by atoms with Gasteiger partial charge in [0, 0.05) is 10.4 Å². The quantitative estimate of drug-likeness (QED) is 0.226. The van der Waals surface area contributed by atoms with Crippen LogP contribution in [0.15, 0.2) is 79.5 Å². The van der Waals surface area contributed by atoms with E-state index < -0.39 is 5.97 Å². The van der Waals surface area contributed by atoms with E-state index in [4.69, 9.17) is 14.8 Å². The van der Waals surface area contributed by atoms with Crippen LogP contribution >= 0.6 is 31.9 Å². The third-order valence-electron chi connectivity index (χ3n) is 5.73. The summed E-state index contributed by atoms with van der Waals surface area (Å²) in [4.78, 5) is 29.2. The van der Waals surface area contributed by atoms with E-state index in [0.29, 0.717) is 26.9 Å². The molecule has 0 amide bonds. The molecule has 4 rings (SSSR count). The number of ether oxygens (including phenoxy) is 1. The minimum Gasteiger partial charge on any atom is -0.488 e. The van der Waals surface area contributed by atoms with Gasteiger partial charge in [-0.3, -0.25) is 4.79 Å². The van der Waals surface area contributed by atoms with Gasteiger partial charge in [0.25, 0.3) is 5.56 Å². The number of carboxylic acids is 1. The van der Waals surface area contributed by atoms with Crippen molar-refractivity contribution in [2.75, 3.05) is 0 Å². The Balaban J connectivity index is 1.60. The molecule has 0 aliphatic heterocycles. The largest absolute Gasteiger partial charge is 0.488 e. The van der Waals surface area contributed by atoms with Crippen molar-refractivity contribution >= 4 is 54.9 Å².